The maximum Gasteiger partial charge on any atom is 0.220 e. The molecule has 1 aliphatic rings. The van der Waals surface area contributed by atoms with E-state index in [4.69, 9.17) is 9.47 Å². The van der Waals surface area contributed by atoms with Gasteiger partial charge in [0.05, 0.1) is 25.4 Å². The number of carbonyl (C=O) groups excluding carboxylic acids is 1. The number of rotatable bonds is 64. The van der Waals surface area contributed by atoms with Crippen molar-refractivity contribution in [1.29, 1.82) is 0 Å². The molecule has 0 saturated carbocycles. The maximum atomic E-state index is 13.1. The Balaban J connectivity index is 2.14. The monoisotopic (exact) mass is 1170 g/mol. The van der Waals surface area contributed by atoms with Gasteiger partial charge in [-0.15, -0.1) is 0 Å². The van der Waals surface area contributed by atoms with E-state index in [1.807, 2.05) is 6.08 Å². The van der Waals surface area contributed by atoms with Gasteiger partial charge in [0.1, 0.15) is 24.4 Å². The van der Waals surface area contributed by atoms with Gasteiger partial charge in [-0.3, -0.25) is 4.79 Å². The molecule has 0 aromatic heterocycles. The SMILES string of the molecule is CCCCCCCCCC/C=C\CCCCCCCCCCCCCCCCCCCCCC(=O)NC(COC1OC(CO)C(O)C(O)C1O)C(O)/C=C/CC/C=C/CC/C=C/CCCCCCCCCCCCCCCCCCCCC. The Morgan fingerprint density at radius 3 is 1.01 bits per heavy atom. The highest BCUT2D eigenvalue weighted by atomic mass is 16.7. The second kappa shape index (κ2) is 63.2. The van der Waals surface area contributed by atoms with Crippen LogP contribution < -0.4 is 5.32 Å². The molecule has 1 aliphatic heterocycles. The summed E-state index contributed by atoms with van der Waals surface area (Å²) in [6.07, 6.45) is 79.5. The molecule has 0 aromatic rings. The summed E-state index contributed by atoms with van der Waals surface area (Å²) in [5, 5.41) is 54.8. The summed E-state index contributed by atoms with van der Waals surface area (Å²) in [7, 11) is 0. The smallest absolute Gasteiger partial charge is 0.220 e. The van der Waals surface area contributed by atoms with Crippen molar-refractivity contribution in [2.45, 2.75) is 403 Å². The molecule has 0 radical (unpaired) electrons. The summed E-state index contributed by atoms with van der Waals surface area (Å²) in [6.45, 7) is 3.81. The molecular weight excluding hydrogens is 1030 g/mol. The van der Waals surface area contributed by atoms with Crippen molar-refractivity contribution in [3.63, 3.8) is 0 Å². The van der Waals surface area contributed by atoms with Gasteiger partial charge in [0.25, 0.3) is 0 Å². The average molecular weight is 1170 g/mol. The lowest BCUT2D eigenvalue weighted by Gasteiger charge is -2.40. The number of aliphatic hydroxyl groups is 5. The summed E-state index contributed by atoms with van der Waals surface area (Å²) in [4.78, 5) is 13.1. The van der Waals surface area contributed by atoms with E-state index < -0.39 is 49.5 Å². The number of nitrogens with one attached hydrogen (secondary N) is 1. The van der Waals surface area contributed by atoms with Gasteiger partial charge in [-0.1, -0.05) is 332 Å². The molecule has 1 fully saturated rings. The third-order valence-electron chi connectivity index (χ3n) is 17.4. The van der Waals surface area contributed by atoms with Crippen molar-refractivity contribution >= 4 is 5.91 Å². The molecule has 488 valence electrons. The summed E-state index contributed by atoms with van der Waals surface area (Å²) < 4.78 is 11.3. The van der Waals surface area contributed by atoms with Crippen molar-refractivity contribution in [2.24, 2.45) is 0 Å². The molecule has 1 heterocycles. The molecule has 0 spiro atoms. The largest absolute Gasteiger partial charge is 0.394 e. The van der Waals surface area contributed by atoms with Gasteiger partial charge in [0.15, 0.2) is 6.29 Å². The van der Waals surface area contributed by atoms with Crippen LogP contribution in [-0.4, -0.2) is 87.5 Å². The van der Waals surface area contributed by atoms with Crippen molar-refractivity contribution < 1.29 is 39.8 Å². The minimum atomic E-state index is -1.58. The van der Waals surface area contributed by atoms with Crippen LogP contribution in [0.15, 0.2) is 48.6 Å². The third kappa shape index (κ3) is 51.9. The lowest BCUT2D eigenvalue weighted by Crippen LogP contribution is -2.60. The fourth-order valence-corrected chi connectivity index (χ4v) is 11.7. The fourth-order valence-electron chi connectivity index (χ4n) is 11.7. The normalized spacial score (nSPS) is 18.5. The lowest BCUT2D eigenvalue weighted by molar-refractivity contribution is -0.302. The molecule has 9 heteroatoms. The van der Waals surface area contributed by atoms with Gasteiger partial charge in [-0.2, -0.15) is 0 Å². The summed E-state index contributed by atoms with van der Waals surface area (Å²) in [5.41, 5.74) is 0. The Bertz CT molecular complexity index is 1450. The standard InChI is InChI=1S/C74H139NO8/c1-3-5-7-9-11-13-15-17-19-21-23-25-27-29-31-33-34-36-38-40-42-44-46-48-50-52-54-56-58-60-62-64-70(78)75-67(66-82-74-73(81)72(80)71(79)69(65-76)83-74)68(77)63-61-59-57-55-53-51-49-47-45-43-41-39-37-35-32-30-28-26-24-22-20-18-16-14-12-10-8-6-4-2/h21,23,45,47,53,55,61,63,67-69,71-74,76-77,79-81H,3-20,22,24-44,46,48-52,54,56-60,62,64-66H2,1-2H3,(H,75,78)/b23-21-,47-45+,55-53+,63-61+. The number of amides is 1. The van der Waals surface area contributed by atoms with Crippen LogP contribution in [0.25, 0.3) is 0 Å². The topological polar surface area (TPSA) is 149 Å². The third-order valence-corrected chi connectivity index (χ3v) is 17.4. The molecule has 6 N–H and O–H groups in total. The number of hydrogen-bond acceptors (Lipinski definition) is 8. The van der Waals surface area contributed by atoms with E-state index in [1.54, 1.807) is 6.08 Å². The molecule has 1 amide bonds. The zero-order chi connectivity index (χ0) is 60.0. The first-order valence-electron chi connectivity index (χ1n) is 36.4. The van der Waals surface area contributed by atoms with E-state index in [0.29, 0.717) is 6.42 Å². The van der Waals surface area contributed by atoms with Crippen molar-refractivity contribution in [3.05, 3.63) is 48.6 Å². The Morgan fingerprint density at radius 1 is 0.398 bits per heavy atom. The van der Waals surface area contributed by atoms with E-state index in [0.717, 1.165) is 44.9 Å². The summed E-state index contributed by atoms with van der Waals surface area (Å²) >= 11 is 0. The second-order valence-corrected chi connectivity index (χ2v) is 25.4. The minimum absolute atomic E-state index is 0.184. The van der Waals surface area contributed by atoms with Crippen LogP contribution >= 0.6 is 0 Å². The second-order valence-electron chi connectivity index (χ2n) is 25.4. The van der Waals surface area contributed by atoms with E-state index in [9.17, 15) is 30.3 Å². The highest BCUT2D eigenvalue weighted by molar-refractivity contribution is 5.76. The number of hydrogen-bond donors (Lipinski definition) is 6. The van der Waals surface area contributed by atoms with Gasteiger partial charge in [0.2, 0.25) is 5.91 Å². The zero-order valence-electron chi connectivity index (χ0n) is 54.7. The quantitative estimate of drug-likeness (QED) is 0.0261. The van der Waals surface area contributed by atoms with E-state index >= 15 is 0 Å². The molecule has 7 atom stereocenters. The molecule has 1 rings (SSSR count). The number of aliphatic hydroxyl groups excluding tert-OH is 5. The molecule has 0 aromatic carbocycles. The zero-order valence-corrected chi connectivity index (χ0v) is 54.7. The number of unbranched alkanes of at least 4 members (excludes halogenated alkanes) is 48. The Hall–Kier alpha value is -1.85. The predicted molar refractivity (Wildman–Crippen MR) is 355 cm³/mol. The molecule has 83 heavy (non-hydrogen) atoms. The molecule has 9 nitrogen and oxygen atoms in total. The molecule has 0 aliphatic carbocycles. The molecular formula is C74H139NO8. The highest BCUT2D eigenvalue weighted by Gasteiger charge is 2.44. The minimum Gasteiger partial charge on any atom is -0.394 e. The van der Waals surface area contributed by atoms with E-state index in [-0.39, 0.29) is 12.5 Å². The van der Waals surface area contributed by atoms with Crippen LogP contribution in [0.3, 0.4) is 0 Å². The van der Waals surface area contributed by atoms with Gasteiger partial charge in [-0.25, -0.2) is 0 Å². The Labute approximate surface area is 514 Å². The highest BCUT2D eigenvalue weighted by Crippen LogP contribution is 2.23. The first kappa shape index (κ1) is 79.2. The van der Waals surface area contributed by atoms with Crippen LogP contribution in [0.2, 0.25) is 0 Å². The lowest BCUT2D eigenvalue weighted by atomic mass is 9.99. The van der Waals surface area contributed by atoms with Crippen LogP contribution in [0.1, 0.15) is 361 Å². The van der Waals surface area contributed by atoms with Crippen molar-refractivity contribution in [1.82, 2.24) is 5.32 Å². The van der Waals surface area contributed by atoms with E-state index in [1.165, 1.54) is 295 Å². The molecule has 0 bridgehead atoms. The van der Waals surface area contributed by atoms with Gasteiger partial charge < -0.3 is 40.3 Å². The predicted octanol–water partition coefficient (Wildman–Crippen LogP) is 20.0. The van der Waals surface area contributed by atoms with Crippen LogP contribution in [0, 0.1) is 0 Å². The molecule has 1 saturated heterocycles. The van der Waals surface area contributed by atoms with Gasteiger partial charge in [-0.05, 0) is 70.6 Å². The van der Waals surface area contributed by atoms with Crippen molar-refractivity contribution in [3.8, 4) is 0 Å². The van der Waals surface area contributed by atoms with Crippen LogP contribution in [0.5, 0.6) is 0 Å². The molecule has 7 unspecified atom stereocenters. The van der Waals surface area contributed by atoms with E-state index in [2.05, 4.69) is 55.6 Å². The maximum absolute atomic E-state index is 13.1. The Morgan fingerprint density at radius 2 is 0.687 bits per heavy atom. The first-order chi connectivity index (χ1) is 40.8. The van der Waals surface area contributed by atoms with Crippen LogP contribution in [0.4, 0.5) is 0 Å². The summed E-state index contributed by atoms with van der Waals surface area (Å²) in [5.74, 6) is -0.184. The number of ether oxygens (including phenoxy) is 2. The first-order valence-corrected chi connectivity index (χ1v) is 36.4. The Kier molecular flexibility index (Phi) is 60.3. The van der Waals surface area contributed by atoms with Crippen LogP contribution in [-0.2, 0) is 14.3 Å². The van der Waals surface area contributed by atoms with Gasteiger partial charge >= 0.3 is 0 Å². The average Bonchev–Trinajstić information content (AvgIpc) is 3.61. The van der Waals surface area contributed by atoms with Gasteiger partial charge in [0, 0.05) is 6.42 Å². The number of allylic oxidation sites excluding steroid dienone is 7. The van der Waals surface area contributed by atoms with Crippen molar-refractivity contribution in [2.75, 3.05) is 13.2 Å². The number of carbonyl (C=O) groups is 1. The summed E-state index contributed by atoms with van der Waals surface area (Å²) in [6, 6.07) is -0.830. The fraction of sp³-hybridized carbons (Fsp3) is 0.878.